The van der Waals surface area contributed by atoms with Crippen LogP contribution in [0.15, 0.2) is 42.5 Å². The van der Waals surface area contributed by atoms with Gasteiger partial charge >= 0.3 is 0 Å². The monoisotopic (exact) mass is 379 g/mol. The molecule has 3 rings (SSSR count). The van der Waals surface area contributed by atoms with Crippen molar-refractivity contribution in [1.82, 2.24) is 5.32 Å². The zero-order chi connectivity index (χ0) is 19.9. The van der Waals surface area contributed by atoms with Crippen LogP contribution in [0.25, 0.3) is 0 Å². The summed E-state index contributed by atoms with van der Waals surface area (Å²) >= 11 is 0. The van der Waals surface area contributed by atoms with Crippen molar-refractivity contribution < 1.29 is 9.59 Å². The molecule has 1 aliphatic rings. The predicted molar refractivity (Wildman–Crippen MR) is 114 cm³/mol. The fourth-order valence-corrected chi connectivity index (χ4v) is 3.55. The van der Waals surface area contributed by atoms with Crippen molar-refractivity contribution in [3.05, 3.63) is 59.2 Å². The molecular weight excluding hydrogens is 350 g/mol. The summed E-state index contributed by atoms with van der Waals surface area (Å²) < 4.78 is 0. The van der Waals surface area contributed by atoms with Crippen molar-refractivity contribution in [2.24, 2.45) is 0 Å². The normalized spacial score (nSPS) is 13.4. The highest BCUT2D eigenvalue weighted by molar-refractivity contribution is 6.00. The Hall–Kier alpha value is -2.82. The Bertz CT molecular complexity index is 841. The third-order valence-electron chi connectivity index (χ3n) is 4.98. The third-order valence-corrected chi connectivity index (χ3v) is 4.98. The highest BCUT2D eigenvalue weighted by atomic mass is 16.2. The Labute approximate surface area is 167 Å². The number of nitrogens with zero attached hydrogens (tertiary/aromatic N) is 1. The summed E-state index contributed by atoms with van der Waals surface area (Å²) in [7, 11) is 0. The Morgan fingerprint density at radius 2 is 1.86 bits per heavy atom. The highest BCUT2D eigenvalue weighted by Crippen LogP contribution is 2.26. The van der Waals surface area contributed by atoms with Gasteiger partial charge in [-0.15, -0.1) is 0 Å². The highest BCUT2D eigenvalue weighted by Gasteiger charge is 2.19. The van der Waals surface area contributed by atoms with Crippen molar-refractivity contribution >= 4 is 23.2 Å². The standard InChI is InChI=1S/C23H29N3O2/c1-3-7-22(27)25-19-9-6-8-18(15-19)16-24-23(28)20-14-17(2)10-11-21(20)26-12-4-5-13-26/h6,8-11,14-15H,3-5,7,12-13,16H2,1-2H3,(H,24,28)(H,25,27). The van der Waals surface area contributed by atoms with Crippen LogP contribution in [-0.2, 0) is 11.3 Å². The molecule has 148 valence electrons. The molecule has 28 heavy (non-hydrogen) atoms. The smallest absolute Gasteiger partial charge is 0.253 e. The van der Waals surface area contributed by atoms with E-state index in [0.29, 0.717) is 13.0 Å². The topological polar surface area (TPSA) is 61.4 Å². The van der Waals surface area contributed by atoms with Gasteiger partial charge in [0.15, 0.2) is 0 Å². The predicted octanol–water partition coefficient (Wildman–Crippen LogP) is 4.26. The van der Waals surface area contributed by atoms with Gasteiger partial charge in [-0.3, -0.25) is 9.59 Å². The van der Waals surface area contributed by atoms with Crippen molar-refractivity contribution in [2.45, 2.75) is 46.1 Å². The lowest BCUT2D eigenvalue weighted by Crippen LogP contribution is -2.27. The minimum absolute atomic E-state index is 0.0127. The molecule has 1 saturated heterocycles. The van der Waals surface area contributed by atoms with E-state index in [2.05, 4.69) is 27.7 Å². The number of hydrogen-bond acceptors (Lipinski definition) is 3. The average molecular weight is 380 g/mol. The van der Waals surface area contributed by atoms with Crippen LogP contribution >= 0.6 is 0 Å². The van der Waals surface area contributed by atoms with E-state index in [4.69, 9.17) is 0 Å². The lowest BCUT2D eigenvalue weighted by atomic mass is 10.1. The number of aryl methyl sites for hydroxylation is 1. The molecule has 0 spiro atoms. The van der Waals surface area contributed by atoms with E-state index in [9.17, 15) is 9.59 Å². The van der Waals surface area contributed by atoms with E-state index in [1.165, 1.54) is 12.8 Å². The minimum Gasteiger partial charge on any atom is -0.371 e. The van der Waals surface area contributed by atoms with E-state index in [1.807, 2.05) is 44.2 Å². The second kappa shape index (κ2) is 9.40. The van der Waals surface area contributed by atoms with E-state index in [0.717, 1.165) is 47.6 Å². The molecule has 2 N–H and O–H groups in total. The lowest BCUT2D eigenvalue weighted by molar-refractivity contribution is -0.116. The molecule has 0 aliphatic carbocycles. The molecule has 0 aromatic heterocycles. The maximum Gasteiger partial charge on any atom is 0.253 e. The molecular formula is C23H29N3O2. The van der Waals surface area contributed by atoms with Crippen molar-refractivity contribution in [1.29, 1.82) is 0 Å². The van der Waals surface area contributed by atoms with Crippen LogP contribution in [0.3, 0.4) is 0 Å². The molecule has 1 aliphatic heterocycles. The SMILES string of the molecule is CCCC(=O)Nc1cccc(CNC(=O)c2cc(C)ccc2N2CCCC2)c1. The number of amides is 2. The van der Waals surface area contributed by atoms with E-state index in [1.54, 1.807) is 0 Å². The number of benzene rings is 2. The van der Waals surface area contributed by atoms with Gasteiger partial charge in [-0.2, -0.15) is 0 Å². The van der Waals surface area contributed by atoms with Crippen LogP contribution in [0.2, 0.25) is 0 Å². The summed E-state index contributed by atoms with van der Waals surface area (Å²) in [6.45, 7) is 6.41. The van der Waals surface area contributed by atoms with Crippen LogP contribution < -0.4 is 15.5 Å². The van der Waals surface area contributed by atoms with Gasteiger partial charge in [0.1, 0.15) is 0 Å². The van der Waals surface area contributed by atoms with Gasteiger partial charge in [0.25, 0.3) is 5.91 Å². The lowest BCUT2D eigenvalue weighted by Gasteiger charge is -2.21. The molecule has 0 unspecified atom stereocenters. The van der Waals surface area contributed by atoms with Crippen LogP contribution in [0.4, 0.5) is 11.4 Å². The Kier molecular flexibility index (Phi) is 6.69. The molecule has 1 heterocycles. The fourth-order valence-electron chi connectivity index (χ4n) is 3.55. The summed E-state index contributed by atoms with van der Waals surface area (Å²) in [6, 6.07) is 13.7. The molecule has 2 amide bonds. The first-order valence-electron chi connectivity index (χ1n) is 10.1. The molecule has 0 radical (unpaired) electrons. The van der Waals surface area contributed by atoms with Crippen LogP contribution in [0, 0.1) is 6.92 Å². The van der Waals surface area contributed by atoms with Crippen molar-refractivity contribution in [3.8, 4) is 0 Å². The van der Waals surface area contributed by atoms with E-state index in [-0.39, 0.29) is 11.8 Å². The molecule has 5 heteroatoms. The van der Waals surface area contributed by atoms with Crippen LogP contribution in [-0.4, -0.2) is 24.9 Å². The second-order valence-electron chi connectivity index (χ2n) is 7.40. The minimum atomic E-state index is -0.0639. The quantitative estimate of drug-likeness (QED) is 0.755. The number of carbonyl (C=O) groups excluding carboxylic acids is 2. The first kappa shape index (κ1) is 19.9. The molecule has 0 atom stereocenters. The molecule has 1 fully saturated rings. The van der Waals surface area contributed by atoms with Gasteiger partial charge in [0, 0.05) is 37.4 Å². The third kappa shape index (κ3) is 5.12. The first-order chi connectivity index (χ1) is 13.6. The Morgan fingerprint density at radius 3 is 2.61 bits per heavy atom. The van der Waals surface area contributed by atoms with E-state index >= 15 is 0 Å². The van der Waals surface area contributed by atoms with Crippen LogP contribution in [0.1, 0.15) is 54.1 Å². The maximum absolute atomic E-state index is 12.9. The molecule has 0 saturated carbocycles. The average Bonchev–Trinajstić information content (AvgIpc) is 3.21. The molecule has 0 bridgehead atoms. The molecule has 5 nitrogen and oxygen atoms in total. The number of anilines is 2. The largest absolute Gasteiger partial charge is 0.371 e. The van der Waals surface area contributed by atoms with Gasteiger partial charge < -0.3 is 15.5 Å². The zero-order valence-corrected chi connectivity index (χ0v) is 16.8. The zero-order valence-electron chi connectivity index (χ0n) is 16.8. The Morgan fingerprint density at radius 1 is 1.07 bits per heavy atom. The number of carbonyl (C=O) groups is 2. The van der Waals surface area contributed by atoms with Gasteiger partial charge in [0.05, 0.1) is 5.56 Å². The van der Waals surface area contributed by atoms with Crippen molar-refractivity contribution in [3.63, 3.8) is 0 Å². The first-order valence-corrected chi connectivity index (χ1v) is 10.1. The summed E-state index contributed by atoms with van der Waals surface area (Å²) in [4.78, 5) is 27.0. The molecule has 2 aromatic rings. The Balaban J connectivity index is 1.67. The summed E-state index contributed by atoms with van der Waals surface area (Å²) in [5.41, 5.74) is 4.54. The van der Waals surface area contributed by atoms with Crippen molar-refractivity contribution in [2.75, 3.05) is 23.3 Å². The fraction of sp³-hybridized carbons (Fsp3) is 0.391. The number of rotatable bonds is 7. The van der Waals surface area contributed by atoms with Gasteiger partial charge in [-0.25, -0.2) is 0 Å². The van der Waals surface area contributed by atoms with Gasteiger partial charge in [-0.1, -0.05) is 30.7 Å². The maximum atomic E-state index is 12.9. The van der Waals surface area contributed by atoms with Gasteiger partial charge in [0.2, 0.25) is 5.91 Å². The molecule has 2 aromatic carbocycles. The summed E-state index contributed by atoms with van der Waals surface area (Å²) in [5, 5.41) is 5.93. The second-order valence-corrected chi connectivity index (χ2v) is 7.40. The van der Waals surface area contributed by atoms with E-state index < -0.39 is 0 Å². The summed E-state index contributed by atoms with van der Waals surface area (Å²) in [6.07, 6.45) is 3.67. The number of nitrogens with one attached hydrogen (secondary N) is 2. The number of hydrogen-bond donors (Lipinski definition) is 2. The summed E-state index contributed by atoms with van der Waals surface area (Å²) in [5.74, 6) is -0.0512. The van der Waals surface area contributed by atoms with Crippen LogP contribution in [0.5, 0.6) is 0 Å². The van der Waals surface area contributed by atoms with Gasteiger partial charge in [-0.05, 0) is 56.0 Å².